The van der Waals surface area contributed by atoms with Gasteiger partial charge in [-0.25, -0.2) is 9.97 Å². The average Bonchev–Trinajstić information content (AvgIpc) is 2.30. The van der Waals surface area contributed by atoms with Crippen LogP contribution in [0.3, 0.4) is 0 Å². The highest BCUT2D eigenvalue weighted by molar-refractivity contribution is 5.75. The summed E-state index contributed by atoms with van der Waals surface area (Å²) in [5.41, 5.74) is 10.1. The number of hydrogen-bond acceptors (Lipinski definition) is 3. The monoisotopic (exact) mass is 213 g/mol. The maximum Gasteiger partial charge on any atom is 0.134 e. The summed E-state index contributed by atoms with van der Waals surface area (Å²) < 4.78 is 0. The normalized spacial score (nSPS) is 10.4. The number of hydrogen-bond donors (Lipinski definition) is 1. The Labute approximate surface area is 95.4 Å². The van der Waals surface area contributed by atoms with Crippen LogP contribution in [0, 0.1) is 6.92 Å². The first-order valence-corrected chi connectivity index (χ1v) is 5.38. The number of aryl methyl sites for hydroxylation is 2. The molecule has 0 saturated heterocycles. The Morgan fingerprint density at radius 1 is 1.12 bits per heavy atom. The summed E-state index contributed by atoms with van der Waals surface area (Å²) in [6, 6.07) is 8.37. The van der Waals surface area contributed by atoms with Gasteiger partial charge in [0, 0.05) is 5.56 Å². The number of rotatable bonds is 2. The van der Waals surface area contributed by atoms with E-state index in [1.165, 1.54) is 11.9 Å². The molecule has 1 aromatic carbocycles. The van der Waals surface area contributed by atoms with E-state index in [9.17, 15) is 0 Å². The van der Waals surface area contributed by atoms with Gasteiger partial charge in [-0.15, -0.1) is 0 Å². The molecular weight excluding hydrogens is 198 g/mol. The summed E-state index contributed by atoms with van der Waals surface area (Å²) in [5.74, 6) is 0.539. The predicted molar refractivity (Wildman–Crippen MR) is 66.0 cm³/mol. The molecule has 82 valence electrons. The van der Waals surface area contributed by atoms with Gasteiger partial charge < -0.3 is 5.73 Å². The van der Waals surface area contributed by atoms with Gasteiger partial charge in [-0.2, -0.15) is 0 Å². The molecule has 16 heavy (non-hydrogen) atoms. The second kappa shape index (κ2) is 4.31. The third-order valence-electron chi connectivity index (χ3n) is 2.72. The second-order valence-electron chi connectivity index (χ2n) is 3.77. The van der Waals surface area contributed by atoms with Crippen LogP contribution >= 0.6 is 0 Å². The summed E-state index contributed by atoms with van der Waals surface area (Å²) in [5, 5.41) is 0. The fraction of sp³-hybridized carbons (Fsp3) is 0.231. The fourth-order valence-electron chi connectivity index (χ4n) is 1.76. The zero-order valence-corrected chi connectivity index (χ0v) is 9.57. The van der Waals surface area contributed by atoms with E-state index in [1.807, 2.05) is 6.92 Å². The number of benzene rings is 1. The van der Waals surface area contributed by atoms with Gasteiger partial charge in [0.05, 0.1) is 5.69 Å². The van der Waals surface area contributed by atoms with Crippen LogP contribution in [0.15, 0.2) is 30.6 Å². The lowest BCUT2D eigenvalue weighted by Crippen LogP contribution is -1.98. The summed E-state index contributed by atoms with van der Waals surface area (Å²) in [4.78, 5) is 8.19. The van der Waals surface area contributed by atoms with Crippen molar-refractivity contribution in [1.29, 1.82) is 0 Å². The van der Waals surface area contributed by atoms with Crippen LogP contribution in [0.2, 0.25) is 0 Å². The lowest BCUT2D eigenvalue weighted by molar-refractivity contribution is 1.11. The molecule has 0 aliphatic rings. The predicted octanol–water partition coefficient (Wildman–Crippen LogP) is 2.60. The molecular formula is C13H15N3. The number of nitrogen functional groups attached to an aromatic ring is 1. The SMILES string of the molecule is CCc1ccc(-c2c(C)ncnc2N)cc1. The van der Waals surface area contributed by atoms with Crippen LogP contribution < -0.4 is 5.73 Å². The first-order chi connectivity index (χ1) is 7.72. The van der Waals surface area contributed by atoms with Crippen molar-refractivity contribution in [3.05, 3.63) is 41.9 Å². The molecule has 0 aliphatic carbocycles. The standard InChI is InChI=1S/C13H15N3/c1-3-10-4-6-11(7-5-10)12-9(2)15-8-16-13(12)14/h4-8H,3H2,1-2H3,(H2,14,15,16). The molecule has 1 aromatic heterocycles. The first-order valence-electron chi connectivity index (χ1n) is 5.38. The molecule has 0 aliphatic heterocycles. The lowest BCUT2D eigenvalue weighted by Gasteiger charge is -2.08. The van der Waals surface area contributed by atoms with E-state index in [-0.39, 0.29) is 0 Å². The quantitative estimate of drug-likeness (QED) is 0.834. The molecule has 0 atom stereocenters. The highest BCUT2D eigenvalue weighted by Crippen LogP contribution is 2.26. The van der Waals surface area contributed by atoms with E-state index in [4.69, 9.17) is 5.73 Å². The molecule has 0 unspecified atom stereocenters. The average molecular weight is 213 g/mol. The summed E-state index contributed by atoms with van der Waals surface area (Å²) >= 11 is 0. The number of anilines is 1. The van der Waals surface area contributed by atoms with Gasteiger partial charge in [0.2, 0.25) is 0 Å². The van der Waals surface area contributed by atoms with Crippen LogP contribution in [0.5, 0.6) is 0 Å². The highest BCUT2D eigenvalue weighted by Gasteiger charge is 2.07. The Balaban J connectivity index is 2.50. The summed E-state index contributed by atoms with van der Waals surface area (Å²) in [7, 11) is 0. The van der Waals surface area contributed by atoms with Crippen molar-refractivity contribution < 1.29 is 0 Å². The maximum atomic E-state index is 5.87. The third-order valence-corrected chi connectivity index (χ3v) is 2.72. The minimum Gasteiger partial charge on any atom is -0.383 e. The Morgan fingerprint density at radius 2 is 1.81 bits per heavy atom. The van der Waals surface area contributed by atoms with E-state index in [0.29, 0.717) is 5.82 Å². The van der Waals surface area contributed by atoms with E-state index in [2.05, 4.69) is 41.2 Å². The molecule has 2 rings (SSSR count). The van der Waals surface area contributed by atoms with Crippen LogP contribution in [0.25, 0.3) is 11.1 Å². The topological polar surface area (TPSA) is 51.8 Å². The molecule has 0 fully saturated rings. The highest BCUT2D eigenvalue weighted by atomic mass is 14.9. The van der Waals surface area contributed by atoms with Crippen molar-refractivity contribution in [2.45, 2.75) is 20.3 Å². The van der Waals surface area contributed by atoms with Crippen molar-refractivity contribution in [2.75, 3.05) is 5.73 Å². The second-order valence-corrected chi connectivity index (χ2v) is 3.77. The van der Waals surface area contributed by atoms with E-state index >= 15 is 0 Å². The molecule has 0 amide bonds. The summed E-state index contributed by atoms with van der Waals surface area (Å²) in [6.07, 6.45) is 2.54. The molecule has 2 aromatic rings. The van der Waals surface area contributed by atoms with Gasteiger partial charge in [-0.1, -0.05) is 31.2 Å². The molecule has 0 spiro atoms. The van der Waals surface area contributed by atoms with Gasteiger partial charge in [0.15, 0.2) is 0 Å². The number of aromatic nitrogens is 2. The van der Waals surface area contributed by atoms with Gasteiger partial charge >= 0.3 is 0 Å². The Hall–Kier alpha value is -1.90. The molecule has 2 N–H and O–H groups in total. The minimum atomic E-state index is 0.539. The summed E-state index contributed by atoms with van der Waals surface area (Å²) in [6.45, 7) is 4.08. The molecule has 0 saturated carbocycles. The van der Waals surface area contributed by atoms with Gasteiger partial charge in [0.25, 0.3) is 0 Å². The lowest BCUT2D eigenvalue weighted by atomic mass is 10.0. The van der Waals surface area contributed by atoms with Crippen molar-refractivity contribution in [1.82, 2.24) is 9.97 Å². The minimum absolute atomic E-state index is 0.539. The van der Waals surface area contributed by atoms with Crippen LogP contribution in [0.1, 0.15) is 18.2 Å². The van der Waals surface area contributed by atoms with Gasteiger partial charge in [-0.3, -0.25) is 0 Å². The van der Waals surface area contributed by atoms with Crippen LogP contribution in [-0.2, 0) is 6.42 Å². The van der Waals surface area contributed by atoms with Crippen LogP contribution in [-0.4, -0.2) is 9.97 Å². The molecule has 3 heteroatoms. The number of nitrogens with two attached hydrogens (primary N) is 1. The molecule has 1 heterocycles. The van der Waals surface area contributed by atoms with E-state index < -0.39 is 0 Å². The van der Waals surface area contributed by atoms with Gasteiger partial charge in [-0.05, 0) is 24.5 Å². The third kappa shape index (κ3) is 1.89. The zero-order chi connectivity index (χ0) is 11.5. The van der Waals surface area contributed by atoms with Crippen molar-refractivity contribution in [3.8, 4) is 11.1 Å². The largest absolute Gasteiger partial charge is 0.383 e. The fourth-order valence-corrected chi connectivity index (χ4v) is 1.76. The zero-order valence-electron chi connectivity index (χ0n) is 9.57. The Bertz CT molecular complexity index is 469. The Kier molecular flexibility index (Phi) is 2.86. The maximum absolute atomic E-state index is 5.87. The molecule has 0 bridgehead atoms. The first kappa shape index (κ1) is 10.6. The molecule has 3 nitrogen and oxygen atoms in total. The Morgan fingerprint density at radius 3 is 2.38 bits per heavy atom. The van der Waals surface area contributed by atoms with Crippen molar-refractivity contribution in [2.24, 2.45) is 0 Å². The smallest absolute Gasteiger partial charge is 0.134 e. The van der Waals surface area contributed by atoms with Gasteiger partial charge in [0.1, 0.15) is 12.1 Å². The number of nitrogens with zero attached hydrogens (tertiary/aromatic N) is 2. The van der Waals surface area contributed by atoms with E-state index in [0.717, 1.165) is 23.2 Å². The van der Waals surface area contributed by atoms with Crippen LogP contribution in [0.4, 0.5) is 5.82 Å². The molecule has 0 radical (unpaired) electrons. The van der Waals surface area contributed by atoms with E-state index in [1.54, 1.807) is 0 Å². The van der Waals surface area contributed by atoms with Crippen molar-refractivity contribution in [3.63, 3.8) is 0 Å². The van der Waals surface area contributed by atoms with Crippen molar-refractivity contribution >= 4 is 5.82 Å².